The second kappa shape index (κ2) is 15.4. The van der Waals surface area contributed by atoms with E-state index >= 15 is 0 Å². The number of phenolic OH excluding ortho intramolecular Hbond substituents is 1. The first-order valence-corrected chi connectivity index (χ1v) is 13.4. The number of carbonyl (C=O) groups excluding carboxylic acids is 1. The quantitative estimate of drug-likeness (QED) is 0.162. The SMILES string of the molecule is CC1=NN(c2ccc3c(c2)CCC3)C(=O)/C1=N\Nc1cccc(-c2cccc(C(=O)O)c2)c1O.NCCO.NCCO. The highest BCUT2D eigenvalue weighted by Crippen LogP contribution is 2.36. The van der Waals surface area contributed by atoms with Crippen molar-refractivity contribution in [3.05, 3.63) is 77.4 Å². The zero-order valence-corrected chi connectivity index (χ0v) is 23.3. The molecule has 5 rings (SSSR count). The number of hydrogen-bond acceptors (Lipinski definition) is 10. The Morgan fingerprint density at radius 2 is 1.67 bits per heavy atom. The van der Waals surface area contributed by atoms with Crippen LogP contribution in [0.5, 0.6) is 5.75 Å². The van der Waals surface area contributed by atoms with Crippen LogP contribution < -0.4 is 21.9 Å². The molecule has 0 fully saturated rings. The Kier molecular flexibility index (Phi) is 11.7. The Balaban J connectivity index is 0.000000540. The van der Waals surface area contributed by atoms with Crippen molar-refractivity contribution >= 4 is 34.7 Å². The number of nitrogens with zero attached hydrogens (tertiary/aromatic N) is 3. The number of aromatic hydroxyl groups is 1. The summed E-state index contributed by atoms with van der Waals surface area (Å²) in [7, 11) is 0. The Morgan fingerprint density at radius 1 is 1.00 bits per heavy atom. The van der Waals surface area contributed by atoms with Gasteiger partial charge in [0.1, 0.15) is 5.75 Å². The molecule has 12 nitrogen and oxygen atoms in total. The maximum atomic E-state index is 13.0. The molecule has 1 aliphatic carbocycles. The monoisotopic (exact) mass is 576 g/mol. The summed E-state index contributed by atoms with van der Waals surface area (Å²) in [5.74, 6) is -1.51. The number of hydrazone groups is 2. The zero-order valence-electron chi connectivity index (χ0n) is 23.3. The number of aliphatic hydroxyl groups excluding tert-OH is 2. The fraction of sp³-hybridized carbons (Fsp3) is 0.267. The second-order valence-corrected chi connectivity index (χ2v) is 9.29. The molecule has 42 heavy (non-hydrogen) atoms. The highest BCUT2D eigenvalue weighted by molar-refractivity contribution is 6.71. The largest absolute Gasteiger partial charge is 0.505 e. The van der Waals surface area contributed by atoms with Crippen LogP contribution in [-0.4, -0.2) is 70.0 Å². The van der Waals surface area contributed by atoms with Gasteiger partial charge in [0.2, 0.25) is 0 Å². The molecule has 0 saturated carbocycles. The number of aryl methyl sites for hydroxylation is 2. The molecule has 222 valence electrons. The first-order chi connectivity index (χ1) is 20.2. The topological polar surface area (TPSA) is 207 Å². The lowest BCUT2D eigenvalue weighted by Crippen LogP contribution is -2.28. The molecule has 1 amide bonds. The molecule has 0 spiro atoms. The maximum Gasteiger partial charge on any atom is 0.335 e. The van der Waals surface area contributed by atoms with Gasteiger partial charge in [-0.15, -0.1) is 0 Å². The van der Waals surface area contributed by atoms with Gasteiger partial charge in [0.25, 0.3) is 0 Å². The molecule has 1 aliphatic heterocycles. The van der Waals surface area contributed by atoms with Crippen LogP contribution >= 0.6 is 0 Å². The van der Waals surface area contributed by atoms with Crippen molar-refractivity contribution in [3.63, 3.8) is 0 Å². The lowest BCUT2D eigenvalue weighted by molar-refractivity contribution is -0.112. The third-order valence-corrected chi connectivity index (χ3v) is 6.32. The van der Waals surface area contributed by atoms with E-state index in [4.69, 9.17) is 21.7 Å². The average molecular weight is 577 g/mol. The van der Waals surface area contributed by atoms with Crippen molar-refractivity contribution in [1.29, 1.82) is 0 Å². The van der Waals surface area contributed by atoms with Crippen LogP contribution in [0.1, 0.15) is 34.8 Å². The van der Waals surface area contributed by atoms with Crippen molar-refractivity contribution in [3.8, 4) is 16.9 Å². The Hall–Kier alpha value is -4.62. The van der Waals surface area contributed by atoms with Crippen molar-refractivity contribution in [2.75, 3.05) is 36.7 Å². The number of carboxylic acids is 1. The van der Waals surface area contributed by atoms with Gasteiger partial charge in [-0.2, -0.15) is 15.2 Å². The number of aromatic carboxylic acids is 1. The highest BCUT2D eigenvalue weighted by Gasteiger charge is 2.31. The molecule has 9 N–H and O–H groups in total. The predicted molar refractivity (Wildman–Crippen MR) is 163 cm³/mol. The van der Waals surface area contributed by atoms with E-state index < -0.39 is 5.97 Å². The van der Waals surface area contributed by atoms with Crippen molar-refractivity contribution in [2.45, 2.75) is 26.2 Å². The molecule has 3 aromatic carbocycles. The van der Waals surface area contributed by atoms with Gasteiger partial charge in [0, 0.05) is 18.7 Å². The molecular weight excluding hydrogens is 540 g/mol. The third-order valence-electron chi connectivity index (χ3n) is 6.32. The van der Waals surface area contributed by atoms with E-state index in [2.05, 4.69) is 15.6 Å². The van der Waals surface area contributed by atoms with Crippen LogP contribution in [0.2, 0.25) is 0 Å². The smallest absolute Gasteiger partial charge is 0.335 e. The number of anilines is 2. The Bertz CT molecular complexity index is 1460. The molecule has 12 heteroatoms. The zero-order chi connectivity index (χ0) is 30.6. The number of para-hydroxylation sites is 1. The first kappa shape index (κ1) is 31.9. The molecule has 2 aliphatic rings. The van der Waals surface area contributed by atoms with Crippen LogP contribution in [0.4, 0.5) is 11.4 Å². The van der Waals surface area contributed by atoms with Crippen molar-refractivity contribution in [2.24, 2.45) is 21.7 Å². The van der Waals surface area contributed by atoms with E-state index in [1.165, 1.54) is 28.3 Å². The molecule has 0 unspecified atom stereocenters. The van der Waals surface area contributed by atoms with Gasteiger partial charge >= 0.3 is 11.9 Å². The summed E-state index contributed by atoms with van der Waals surface area (Å²) in [6.07, 6.45) is 3.18. The lowest BCUT2D eigenvalue weighted by atomic mass is 10.0. The van der Waals surface area contributed by atoms with Crippen LogP contribution in [-0.2, 0) is 17.6 Å². The highest BCUT2D eigenvalue weighted by atomic mass is 16.4. The van der Waals surface area contributed by atoms with Gasteiger partial charge in [-0.05, 0) is 73.2 Å². The summed E-state index contributed by atoms with van der Waals surface area (Å²) < 4.78 is 0. The predicted octanol–water partition coefficient (Wildman–Crippen LogP) is 2.31. The lowest BCUT2D eigenvalue weighted by Gasteiger charge is -2.13. The molecule has 0 aromatic heterocycles. The third kappa shape index (κ3) is 7.77. The number of carbonyl (C=O) groups is 2. The number of carboxylic acid groups (broad SMARTS) is 1. The molecule has 0 saturated heterocycles. The van der Waals surface area contributed by atoms with Gasteiger partial charge in [-0.3, -0.25) is 10.2 Å². The van der Waals surface area contributed by atoms with Gasteiger partial charge in [0.15, 0.2) is 5.71 Å². The van der Waals surface area contributed by atoms with Gasteiger partial charge in [0.05, 0.1) is 35.9 Å². The maximum absolute atomic E-state index is 13.0. The summed E-state index contributed by atoms with van der Waals surface area (Å²) in [4.78, 5) is 24.3. The summed E-state index contributed by atoms with van der Waals surface area (Å²) in [6, 6.07) is 17.3. The molecule has 0 atom stereocenters. The molecule has 0 bridgehead atoms. The van der Waals surface area contributed by atoms with E-state index in [9.17, 15) is 19.8 Å². The van der Waals surface area contributed by atoms with E-state index in [-0.39, 0.29) is 41.8 Å². The number of fused-ring (bicyclic) bond motifs is 1. The Labute approximate surface area is 243 Å². The van der Waals surface area contributed by atoms with E-state index in [1.807, 2.05) is 18.2 Å². The van der Waals surface area contributed by atoms with Gasteiger partial charge < -0.3 is 31.9 Å². The van der Waals surface area contributed by atoms with E-state index in [0.717, 1.165) is 19.3 Å². The van der Waals surface area contributed by atoms with Gasteiger partial charge in [-0.1, -0.05) is 30.3 Å². The summed E-state index contributed by atoms with van der Waals surface area (Å²) >= 11 is 0. The number of hydrogen-bond donors (Lipinski definition) is 7. The van der Waals surface area contributed by atoms with E-state index in [1.54, 1.807) is 37.3 Å². The average Bonchev–Trinajstić information content (AvgIpc) is 3.59. The second-order valence-electron chi connectivity index (χ2n) is 9.29. The van der Waals surface area contributed by atoms with Crippen molar-refractivity contribution < 1.29 is 30.0 Å². The van der Waals surface area contributed by atoms with Crippen LogP contribution in [0.15, 0.2) is 70.9 Å². The number of nitrogens with two attached hydrogens (primary N) is 2. The molecular formula is C30H36N6O6. The van der Waals surface area contributed by atoms with Gasteiger partial charge in [-0.25, -0.2) is 4.79 Å². The molecule has 1 heterocycles. The fourth-order valence-corrected chi connectivity index (χ4v) is 4.29. The van der Waals surface area contributed by atoms with Crippen molar-refractivity contribution in [1.82, 2.24) is 0 Å². The minimum Gasteiger partial charge on any atom is -0.505 e. The standard InChI is InChI=1S/C26H22N4O4.2C2H7NO/c1-15-23(25(32)30(29-15)20-12-11-16-5-2-6-17(16)14-20)28-27-22-10-4-9-21(24(22)31)18-7-3-8-19(13-18)26(33)34;2*3-1-2-4/h3-4,7-14,27,31H,2,5-6H2,1H3,(H,33,34);2*4H,1-3H2/b28-23-;;. The number of rotatable bonds is 7. The summed E-state index contributed by atoms with van der Waals surface area (Å²) in [5, 5.41) is 45.5. The summed E-state index contributed by atoms with van der Waals surface area (Å²) in [6.45, 7) is 2.65. The van der Waals surface area contributed by atoms with E-state index in [0.29, 0.717) is 35.6 Å². The number of phenols is 1. The first-order valence-electron chi connectivity index (χ1n) is 13.4. The normalized spacial score (nSPS) is 14.4. The number of amides is 1. The number of benzene rings is 3. The summed E-state index contributed by atoms with van der Waals surface area (Å²) in [5.41, 5.74) is 17.6. The Morgan fingerprint density at radius 3 is 2.33 bits per heavy atom. The molecule has 0 radical (unpaired) electrons. The minimum absolute atomic E-state index is 0.0972. The van der Waals surface area contributed by atoms with Crippen LogP contribution in [0, 0.1) is 0 Å². The fourth-order valence-electron chi connectivity index (χ4n) is 4.29. The minimum atomic E-state index is -1.05. The van der Waals surface area contributed by atoms with Crippen LogP contribution in [0.3, 0.4) is 0 Å². The van der Waals surface area contributed by atoms with Crippen LogP contribution in [0.25, 0.3) is 11.1 Å². The number of nitrogens with one attached hydrogen (secondary N) is 1. The molecule has 3 aromatic rings. The number of aliphatic hydroxyl groups is 2.